The third kappa shape index (κ3) is 3.99. The molecule has 1 amide bonds. The van der Waals surface area contributed by atoms with E-state index in [9.17, 15) is 4.79 Å². The van der Waals surface area contributed by atoms with Gasteiger partial charge in [0.05, 0.1) is 10.6 Å². The molecule has 1 aromatic heterocycles. The molecule has 0 aromatic carbocycles. The lowest BCUT2D eigenvalue weighted by molar-refractivity contribution is 0.0939. The van der Waals surface area contributed by atoms with E-state index >= 15 is 0 Å². The van der Waals surface area contributed by atoms with Crippen molar-refractivity contribution in [2.24, 2.45) is 5.41 Å². The van der Waals surface area contributed by atoms with Gasteiger partial charge in [0.15, 0.2) is 0 Å². The Morgan fingerprint density at radius 2 is 2.06 bits per heavy atom. The van der Waals surface area contributed by atoms with E-state index < -0.39 is 0 Å². The molecule has 0 atom stereocenters. The number of amides is 1. The predicted octanol–water partition coefficient (Wildman–Crippen LogP) is 3.16. The van der Waals surface area contributed by atoms with Crippen LogP contribution in [0.1, 0.15) is 31.1 Å². The van der Waals surface area contributed by atoms with Crippen molar-refractivity contribution in [3.63, 3.8) is 0 Å². The summed E-state index contributed by atoms with van der Waals surface area (Å²) in [5.41, 5.74) is 0.379. The summed E-state index contributed by atoms with van der Waals surface area (Å²) in [5.74, 6) is -0.232. The molecule has 0 unspecified atom stereocenters. The Labute approximate surface area is 105 Å². The molecule has 1 N–H and O–H groups in total. The number of nitrogens with zero attached hydrogens (tertiary/aromatic N) is 1. The Kier molecular flexibility index (Phi) is 4.16. The minimum absolute atomic E-state index is 0.0267. The molecule has 0 bridgehead atoms. The fourth-order valence-corrected chi connectivity index (χ4v) is 1.37. The summed E-state index contributed by atoms with van der Waals surface area (Å²) in [7, 11) is 0. The number of carbonyl (C=O) groups is 1. The van der Waals surface area contributed by atoms with Gasteiger partial charge in [-0.1, -0.05) is 44.0 Å². The Hall–Kier alpha value is -0.800. The average molecular weight is 261 g/mol. The fraction of sp³-hybridized carbons (Fsp3) is 0.455. The largest absolute Gasteiger partial charge is 0.351 e. The Balaban J connectivity index is 2.77. The lowest BCUT2D eigenvalue weighted by atomic mass is 9.97. The van der Waals surface area contributed by atoms with Crippen LogP contribution in [0.15, 0.2) is 12.3 Å². The van der Waals surface area contributed by atoms with Gasteiger partial charge in [0.1, 0.15) is 5.15 Å². The van der Waals surface area contributed by atoms with Gasteiger partial charge in [-0.25, -0.2) is 4.98 Å². The summed E-state index contributed by atoms with van der Waals surface area (Å²) in [6, 6.07) is 1.46. The van der Waals surface area contributed by atoms with Crippen LogP contribution < -0.4 is 5.32 Å². The Morgan fingerprint density at radius 1 is 1.44 bits per heavy atom. The molecule has 0 saturated carbocycles. The zero-order chi connectivity index (χ0) is 12.3. The summed E-state index contributed by atoms with van der Waals surface area (Å²) in [4.78, 5) is 15.6. The molecule has 3 nitrogen and oxygen atoms in total. The van der Waals surface area contributed by atoms with Crippen LogP contribution in [-0.2, 0) is 0 Å². The second kappa shape index (κ2) is 5.02. The van der Waals surface area contributed by atoms with E-state index in [0.717, 1.165) is 0 Å². The van der Waals surface area contributed by atoms with E-state index in [1.165, 1.54) is 12.3 Å². The minimum Gasteiger partial charge on any atom is -0.351 e. The summed E-state index contributed by atoms with van der Waals surface area (Å²) >= 11 is 11.6. The molecule has 0 radical (unpaired) electrons. The van der Waals surface area contributed by atoms with Gasteiger partial charge < -0.3 is 5.32 Å². The molecular weight excluding hydrogens is 247 g/mol. The molecule has 1 heterocycles. The van der Waals surface area contributed by atoms with Gasteiger partial charge in [-0.05, 0) is 11.5 Å². The Morgan fingerprint density at radius 3 is 2.62 bits per heavy atom. The van der Waals surface area contributed by atoms with E-state index in [1.807, 2.05) is 20.8 Å². The maximum atomic E-state index is 11.8. The first-order valence-corrected chi connectivity index (χ1v) is 5.64. The van der Waals surface area contributed by atoms with Crippen LogP contribution in [0.5, 0.6) is 0 Å². The Bertz CT molecular complexity index is 399. The number of nitrogens with one attached hydrogen (secondary N) is 1. The molecule has 1 rings (SSSR count). The van der Waals surface area contributed by atoms with Crippen molar-refractivity contribution in [3.8, 4) is 0 Å². The van der Waals surface area contributed by atoms with E-state index in [4.69, 9.17) is 23.2 Å². The summed E-state index contributed by atoms with van der Waals surface area (Å²) in [6.07, 6.45) is 1.37. The van der Waals surface area contributed by atoms with Crippen molar-refractivity contribution < 1.29 is 4.79 Å². The lowest BCUT2D eigenvalue weighted by Crippen LogP contribution is -2.32. The van der Waals surface area contributed by atoms with Crippen molar-refractivity contribution >= 4 is 29.1 Å². The molecule has 0 fully saturated rings. The smallest absolute Gasteiger partial charge is 0.252 e. The van der Waals surface area contributed by atoms with Gasteiger partial charge in [0, 0.05) is 12.7 Å². The lowest BCUT2D eigenvalue weighted by Gasteiger charge is -2.18. The van der Waals surface area contributed by atoms with Crippen LogP contribution in [0.3, 0.4) is 0 Å². The molecule has 1 aromatic rings. The molecular formula is C11H14Cl2N2O. The van der Waals surface area contributed by atoms with Crippen molar-refractivity contribution in [1.82, 2.24) is 10.3 Å². The maximum Gasteiger partial charge on any atom is 0.252 e. The highest BCUT2D eigenvalue weighted by Gasteiger charge is 2.15. The quantitative estimate of drug-likeness (QED) is 0.831. The highest BCUT2D eigenvalue weighted by Crippen LogP contribution is 2.18. The van der Waals surface area contributed by atoms with Crippen molar-refractivity contribution in [1.29, 1.82) is 0 Å². The van der Waals surface area contributed by atoms with Crippen LogP contribution in [0.25, 0.3) is 0 Å². The van der Waals surface area contributed by atoms with Crippen LogP contribution in [0, 0.1) is 5.41 Å². The van der Waals surface area contributed by atoms with Gasteiger partial charge in [-0.3, -0.25) is 4.79 Å². The molecule has 0 spiro atoms. The highest BCUT2D eigenvalue weighted by atomic mass is 35.5. The predicted molar refractivity (Wildman–Crippen MR) is 66.0 cm³/mol. The zero-order valence-corrected chi connectivity index (χ0v) is 11.0. The van der Waals surface area contributed by atoms with Crippen LogP contribution >= 0.6 is 23.2 Å². The van der Waals surface area contributed by atoms with Gasteiger partial charge >= 0.3 is 0 Å². The van der Waals surface area contributed by atoms with E-state index in [2.05, 4.69) is 10.3 Å². The standard InChI is InChI=1S/C11H14Cl2N2O/c1-11(2,3)6-15-10(16)7-4-9(13)14-5-8(7)12/h4-5H,6H2,1-3H3,(H,15,16). The van der Waals surface area contributed by atoms with Crippen LogP contribution in [0.4, 0.5) is 0 Å². The monoisotopic (exact) mass is 260 g/mol. The molecule has 88 valence electrons. The van der Waals surface area contributed by atoms with Crippen LogP contribution in [0.2, 0.25) is 10.2 Å². The number of carbonyl (C=O) groups excluding carboxylic acids is 1. The van der Waals surface area contributed by atoms with Gasteiger partial charge in [-0.2, -0.15) is 0 Å². The van der Waals surface area contributed by atoms with Gasteiger partial charge in [-0.15, -0.1) is 0 Å². The molecule has 0 aliphatic carbocycles. The number of aromatic nitrogens is 1. The van der Waals surface area contributed by atoms with Crippen molar-refractivity contribution in [2.75, 3.05) is 6.54 Å². The van der Waals surface area contributed by atoms with Crippen LogP contribution in [-0.4, -0.2) is 17.4 Å². The first-order chi connectivity index (χ1) is 7.29. The average Bonchev–Trinajstić information content (AvgIpc) is 2.17. The van der Waals surface area contributed by atoms with E-state index in [1.54, 1.807) is 0 Å². The molecule has 0 saturated heterocycles. The van der Waals surface area contributed by atoms with Crippen molar-refractivity contribution in [2.45, 2.75) is 20.8 Å². The summed E-state index contributed by atoms with van der Waals surface area (Å²) in [6.45, 7) is 6.68. The second-order valence-electron chi connectivity index (χ2n) is 4.73. The third-order valence-corrected chi connectivity index (χ3v) is 2.35. The summed E-state index contributed by atoms with van der Waals surface area (Å²) in [5, 5.41) is 3.35. The summed E-state index contributed by atoms with van der Waals surface area (Å²) < 4.78 is 0. The minimum atomic E-state index is -0.232. The highest BCUT2D eigenvalue weighted by molar-refractivity contribution is 6.35. The number of hydrogen-bond donors (Lipinski definition) is 1. The zero-order valence-electron chi connectivity index (χ0n) is 9.47. The van der Waals surface area contributed by atoms with Crippen molar-refractivity contribution in [3.05, 3.63) is 28.0 Å². The number of rotatable bonds is 2. The maximum absolute atomic E-state index is 11.8. The van der Waals surface area contributed by atoms with Gasteiger partial charge in [0.2, 0.25) is 0 Å². The topological polar surface area (TPSA) is 42.0 Å². The number of hydrogen-bond acceptors (Lipinski definition) is 2. The molecule has 0 aliphatic heterocycles. The third-order valence-electron chi connectivity index (χ3n) is 1.85. The molecule has 0 aliphatic rings. The fourth-order valence-electron chi connectivity index (χ4n) is 1.03. The second-order valence-corrected chi connectivity index (χ2v) is 5.52. The number of halogens is 2. The first kappa shape index (κ1) is 13.3. The van der Waals surface area contributed by atoms with Gasteiger partial charge in [0.25, 0.3) is 5.91 Å². The SMILES string of the molecule is CC(C)(C)CNC(=O)c1cc(Cl)ncc1Cl. The van der Waals surface area contributed by atoms with E-state index in [0.29, 0.717) is 17.1 Å². The normalized spacial score (nSPS) is 11.3. The molecule has 16 heavy (non-hydrogen) atoms. The van der Waals surface area contributed by atoms with E-state index in [-0.39, 0.29) is 16.5 Å². The first-order valence-electron chi connectivity index (χ1n) is 4.89. The molecule has 5 heteroatoms. The number of pyridine rings is 1.